The van der Waals surface area contributed by atoms with Crippen LogP contribution in [-0.4, -0.2) is 19.0 Å². The van der Waals surface area contributed by atoms with E-state index in [-0.39, 0.29) is 5.91 Å². The van der Waals surface area contributed by atoms with Gasteiger partial charge in [-0.1, -0.05) is 0 Å². The number of halogens is 1. The predicted molar refractivity (Wildman–Crippen MR) is 70.0 cm³/mol. The molecule has 3 nitrogen and oxygen atoms in total. The molecule has 1 aliphatic heterocycles. The standard InChI is InChI=1S/C12H15BrN2O/c1-8-6-10(13)12-11(7-8)14-4-3-5-15(12)9(2)16/h6-7,14H,3-5H2,1-2H3. The van der Waals surface area contributed by atoms with Crippen LogP contribution in [0.5, 0.6) is 0 Å². The summed E-state index contributed by atoms with van der Waals surface area (Å²) in [6.07, 6.45) is 0.972. The van der Waals surface area contributed by atoms with Gasteiger partial charge in [0.25, 0.3) is 0 Å². The summed E-state index contributed by atoms with van der Waals surface area (Å²) in [6, 6.07) is 4.13. The van der Waals surface area contributed by atoms with Crippen molar-refractivity contribution in [2.24, 2.45) is 0 Å². The normalized spacial score (nSPS) is 15.1. The van der Waals surface area contributed by atoms with Gasteiger partial charge >= 0.3 is 0 Å². The highest BCUT2D eigenvalue weighted by molar-refractivity contribution is 9.10. The molecule has 1 aromatic carbocycles. The predicted octanol–water partition coefficient (Wildman–Crippen LogP) is 2.93. The zero-order valence-electron chi connectivity index (χ0n) is 9.51. The number of amides is 1. The van der Waals surface area contributed by atoms with Gasteiger partial charge in [0, 0.05) is 24.5 Å². The number of anilines is 2. The van der Waals surface area contributed by atoms with Crippen LogP contribution >= 0.6 is 15.9 Å². The van der Waals surface area contributed by atoms with Crippen LogP contribution in [0.2, 0.25) is 0 Å². The minimum absolute atomic E-state index is 0.0921. The Morgan fingerprint density at radius 3 is 2.94 bits per heavy atom. The first-order valence-electron chi connectivity index (χ1n) is 5.41. The van der Waals surface area contributed by atoms with Crippen molar-refractivity contribution in [1.82, 2.24) is 0 Å². The molecule has 0 radical (unpaired) electrons. The van der Waals surface area contributed by atoms with Crippen molar-refractivity contribution >= 4 is 33.2 Å². The summed E-state index contributed by atoms with van der Waals surface area (Å²) in [4.78, 5) is 13.5. The van der Waals surface area contributed by atoms with Gasteiger partial charge in [0.15, 0.2) is 0 Å². The molecule has 1 aromatic rings. The first-order chi connectivity index (χ1) is 7.59. The highest BCUT2D eigenvalue weighted by atomic mass is 79.9. The lowest BCUT2D eigenvalue weighted by atomic mass is 10.1. The fourth-order valence-electron chi connectivity index (χ4n) is 2.03. The van der Waals surface area contributed by atoms with E-state index in [0.717, 1.165) is 35.4 Å². The van der Waals surface area contributed by atoms with Crippen molar-refractivity contribution in [3.63, 3.8) is 0 Å². The van der Waals surface area contributed by atoms with E-state index in [2.05, 4.69) is 34.2 Å². The van der Waals surface area contributed by atoms with Crippen molar-refractivity contribution in [1.29, 1.82) is 0 Å². The van der Waals surface area contributed by atoms with E-state index in [1.165, 1.54) is 5.56 Å². The summed E-state index contributed by atoms with van der Waals surface area (Å²) in [6.45, 7) is 5.35. The zero-order chi connectivity index (χ0) is 11.7. The number of hydrogen-bond acceptors (Lipinski definition) is 2. The Morgan fingerprint density at radius 1 is 1.50 bits per heavy atom. The largest absolute Gasteiger partial charge is 0.383 e. The van der Waals surface area contributed by atoms with Gasteiger partial charge in [0.2, 0.25) is 5.91 Å². The first-order valence-corrected chi connectivity index (χ1v) is 6.21. The second kappa shape index (κ2) is 4.45. The molecular weight excluding hydrogens is 268 g/mol. The van der Waals surface area contributed by atoms with Gasteiger partial charge in [0.05, 0.1) is 11.4 Å². The highest BCUT2D eigenvalue weighted by Crippen LogP contribution is 2.37. The number of benzene rings is 1. The summed E-state index contributed by atoms with van der Waals surface area (Å²) >= 11 is 3.54. The maximum atomic E-state index is 11.6. The van der Waals surface area contributed by atoms with Gasteiger partial charge in [-0.25, -0.2) is 0 Å². The van der Waals surface area contributed by atoms with Gasteiger partial charge in [-0.15, -0.1) is 0 Å². The van der Waals surface area contributed by atoms with Crippen molar-refractivity contribution in [3.05, 3.63) is 22.2 Å². The quantitative estimate of drug-likeness (QED) is 0.794. The Labute approximate surface area is 104 Å². The number of nitrogens with zero attached hydrogens (tertiary/aromatic N) is 1. The second-order valence-corrected chi connectivity index (χ2v) is 4.95. The van der Waals surface area contributed by atoms with Crippen LogP contribution in [0, 0.1) is 6.92 Å². The van der Waals surface area contributed by atoms with Crippen LogP contribution in [0.4, 0.5) is 11.4 Å². The molecule has 0 aliphatic carbocycles. The van der Waals surface area contributed by atoms with E-state index in [1.807, 2.05) is 11.0 Å². The fourth-order valence-corrected chi connectivity index (χ4v) is 2.82. The van der Waals surface area contributed by atoms with Gasteiger partial charge in [-0.3, -0.25) is 4.79 Å². The van der Waals surface area contributed by atoms with Crippen LogP contribution in [0.3, 0.4) is 0 Å². The number of nitrogens with one attached hydrogen (secondary N) is 1. The first kappa shape index (κ1) is 11.5. The Balaban J connectivity index is 2.56. The molecule has 1 heterocycles. The van der Waals surface area contributed by atoms with Crippen LogP contribution in [0.25, 0.3) is 0 Å². The molecule has 4 heteroatoms. The van der Waals surface area contributed by atoms with E-state index >= 15 is 0 Å². The topological polar surface area (TPSA) is 32.3 Å². The van der Waals surface area contributed by atoms with Crippen LogP contribution < -0.4 is 10.2 Å². The third-order valence-electron chi connectivity index (χ3n) is 2.73. The number of aryl methyl sites for hydroxylation is 1. The molecule has 0 spiro atoms. The maximum Gasteiger partial charge on any atom is 0.223 e. The molecule has 0 unspecified atom stereocenters. The molecule has 1 N–H and O–H groups in total. The molecule has 0 saturated heterocycles. The Bertz CT molecular complexity index is 431. The van der Waals surface area contributed by atoms with Crippen LogP contribution in [-0.2, 0) is 4.79 Å². The van der Waals surface area contributed by atoms with Gasteiger partial charge < -0.3 is 10.2 Å². The molecule has 0 aromatic heterocycles. The van der Waals surface area contributed by atoms with Crippen LogP contribution in [0.15, 0.2) is 16.6 Å². The van der Waals surface area contributed by atoms with Crippen molar-refractivity contribution in [3.8, 4) is 0 Å². The molecule has 0 fully saturated rings. The lowest BCUT2D eigenvalue weighted by molar-refractivity contribution is -0.116. The summed E-state index contributed by atoms with van der Waals surface area (Å²) in [7, 11) is 0. The average molecular weight is 283 g/mol. The van der Waals surface area contributed by atoms with Crippen molar-refractivity contribution < 1.29 is 4.79 Å². The van der Waals surface area contributed by atoms with Crippen molar-refractivity contribution in [2.75, 3.05) is 23.3 Å². The summed E-state index contributed by atoms with van der Waals surface area (Å²) in [5, 5.41) is 3.37. The summed E-state index contributed by atoms with van der Waals surface area (Å²) in [5.41, 5.74) is 3.19. The smallest absolute Gasteiger partial charge is 0.223 e. The second-order valence-electron chi connectivity index (χ2n) is 4.09. The van der Waals surface area contributed by atoms with E-state index < -0.39 is 0 Å². The van der Waals surface area contributed by atoms with E-state index in [9.17, 15) is 4.79 Å². The van der Waals surface area contributed by atoms with Crippen LogP contribution in [0.1, 0.15) is 18.9 Å². The Kier molecular flexibility index (Phi) is 3.19. The minimum Gasteiger partial charge on any atom is -0.383 e. The van der Waals surface area contributed by atoms with E-state index in [0.29, 0.717) is 0 Å². The number of carbonyl (C=O) groups excluding carboxylic acids is 1. The third kappa shape index (κ3) is 2.07. The molecule has 1 aliphatic rings. The monoisotopic (exact) mass is 282 g/mol. The molecule has 0 saturated carbocycles. The molecule has 0 atom stereocenters. The molecule has 16 heavy (non-hydrogen) atoms. The van der Waals surface area contributed by atoms with E-state index in [1.54, 1.807) is 6.92 Å². The van der Waals surface area contributed by atoms with Crippen molar-refractivity contribution in [2.45, 2.75) is 20.3 Å². The molecular formula is C12H15BrN2O. The van der Waals surface area contributed by atoms with Gasteiger partial charge in [-0.05, 0) is 47.0 Å². The number of carbonyl (C=O) groups is 1. The van der Waals surface area contributed by atoms with Gasteiger partial charge in [-0.2, -0.15) is 0 Å². The minimum atomic E-state index is 0.0921. The average Bonchev–Trinajstić information content (AvgIpc) is 2.39. The number of rotatable bonds is 0. The number of fused-ring (bicyclic) bond motifs is 1. The fraction of sp³-hybridized carbons (Fsp3) is 0.417. The molecule has 1 amide bonds. The molecule has 86 valence electrons. The third-order valence-corrected chi connectivity index (χ3v) is 3.34. The number of hydrogen-bond donors (Lipinski definition) is 1. The zero-order valence-corrected chi connectivity index (χ0v) is 11.1. The lowest BCUT2D eigenvalue weighted by Crippen LogP contribution is -2.29. The van der Waals surface area contributed by atoms with E-state index in [4.69, 9.17) is 0 Å². The molecule has 0 bridgehead atoms. The Morgan fingerprint density at radius 2 is 2.25 bits per heavy atom. The Hall–Kier alpha value is -1.03. The summed E-state index contributed by atoms with van der Waals surface area (Å²) < 4.78 is 0.979. The summed E-state index contributed by atoms with van der Waals surface area (Å²) in [5.74, 6) is 0.0921. The highest BCUT2D eigenvalue weighted by Gasteiger charge is 2.21. The van der Waals surface area contributed by atoms with Gasteiger partial charge in [0.1, 0.15) is 0 Å². The SMILES string of the molecule is CC(=O)N1CCCNc2cc(C)cc(Br)c21. The lowest BCUT2D eigenvalue weighted by Gasteiger charge is -2.22. The maximum absolute atomic E-state index is 11.6. The molecule has 2 rings (SSSR count).